The Balaban J connectivity index is 1.95. The van der Waals surface area contributed by atoms with E-state index in [4.69, 9.17) is 5.11 Å². The van der Waals surface area contributed by atoms with E-state index in [9.17, 15) is 14.7 Å². The molecule has 2 atom stereocenters. The highest BCUT2D eigenvalue weighted by atomic mass is 16.4. The van der Waals surface area contributed by atoms with Gasteiger partial charge in [-0.1, -0.05) is 31.2 Å². The molecule has 2 unspecified atom stereocenters. The van der Waals surface area contributed by atoms with Crippen LogP contribution in [0, 0.1) is 0 Å². The molecule has 5 nitrogen and oxygen atoms in total. The van der Waals surface area contributed by atoms with E-state index in [2.05, 4.69) is 0 Å². The van der Waals surface area contributed by atoms with Crippen LogP contribution in [0.5, 0.6) is 0 Å². The molecule has 5 heteroatoms. The molecular weight excluding hydrogens is 294 g/mol. The Kier molecular flexibility index (Phi) is 5.93. The number of carbonyl (C=O) groups is 2. The fourth-order valence-corrected chi connectivity index (χ4v) is 2.70. The molecule has 1 aromatic rings. The standard InChI is InChI=1S/C18H23NO4/c1-2-16(20)9-7-15-8-10-17(21)19(15)12-11-13-3-5-14(6-4-13)18(22)23/h3-7,9,15-16,20H,2,8,10-12H2,1H3,(H,22,23)/b9-7-. The lowest BCUT2D eigenvalue weighted by Gasteiger charge is -2.22. The highest BCUT2D eigenvalue weighted by Crippen LogP contribution is 2.21. The maximum Gasteiger partial charge on any atom is 0.335 e. The van der Waals surface area contributed by atoms with E-state index in [1.54, 1.807) is 30.3 Å². The van der Waals surface area contributed by atoms with E-state index in [0.717, 1.165) is 12.0 Å². The van der Waals surface area contributed by atoms with E-state index in [1.165, 1.54) is 0 Å². The summed E-state index contributed by atoms with van der Waals surface area (Å²) in [6.07, 6.45) is 5.89. The summed E-state index contributed by atoms with van der Waals surface area (Å²) in [7, 11) is 0. The van der Waals surface area contributed by atoms with E-state index in [1.807, 2.05) is 17.9 Å². The maximum absolute atomic E-state index is 12.0. The third-order valence-electron chi connectivity index (χ3n) is 4.19. The summed E-state index contributed by atoms with van der Waals surface area (Å²) >= 11 is 0. The second kappa shape index (κ2) is 7.92. The first-order valence-corrected chi connectivity index (χ1v) is 7.99. The summed E-state index contributed by atoms with van der Waals surface area (Å²) in [5, 5.41) is 18.5. The van der Waals surface area contributed by atoms with Crippen LogP contribution in [0.3, 0.4) is 0 Å². The van der Waals surface area contributed by atoms with E-state index in [-0.39, 0.29) is 17.5 Å². The topological polar surface area (TPSA) is 77.8 Å². The van der Waals surface area contributed by atoms with Gasteiger partial charge in [0.05, 0.1) is 17.7 Å². The highest BCUT2D eigenvalue weighted by Gasteiger charge is 2.28. The van der Waals surface area contributed by atoms with Crippen LogP contribution in [0.25, 0.3) is 0 Å². The fourth-order valence-electron chi connectivity index (χ4n) is 2.70. The van der Waals surface area contributed by atoms with Crippen molar-refractivity contribution in [2.24, 2.45) is 0 Å². The molecule has 0 aliphatic carbocycles. The number of aliphatic hydroxyl groups excluding tert-OH is 1. The molecule has 0 saturated carbocycles. The molecule has 0 aromatic heterocycles. The van der Waals surface area contributed by atoms with Crippen molar-refractivity contribution in [3.05, 3.63) is 47.5 Å². The quantitative estimate of drug-likeness (QED) is 0.756. The molecule has 2 rings (SSSR count). The predicted molar refractivity (Wildman–Crippen MR) is 87.3 cm³/mol. The first kappa shape index (κ1) is 17.2. The van der Waals surface area contributed by atoms with Gasteiger partial charge in [-0.2, -0.15) is 0 Å². The lowest BCUT2D eigenvalue weighted by Crippen LogP contribution is -2.33. The van der Waals surface area contributed by atoms with Crippen molar-refractivity contribution in [3.8, 4) is 0 Å². The molecule has 124 valence electrons. The smallest absolute Gasteiger partial charge is 0.335 e. The summed E-state index contributed by atoms with van der Waals surface area (Å²) < 4.78 is 0. The Bertz CT molecular complexity index is 579. The number of aromatic carboxylic acids is 1. The molecule has 1 aliphatic rings. The van der Waals surface area contributed by atoms with E-state index < -0.39 is 12.1 Å². The highest BCUT2D eigenvalue weighted by molar-refractivity contribution is 5.87. The van der Waals surface area contributed by atoms with Crippen molar-refractivity contribution in [1.82, 2.24) is 4.90 Å². The first-order chi connectivity index (χ1) is 11.0. The third-order valence-corrected chi connectivity index (χ3v) is 4.19. The molecule has 1 saturated heterocycles. The molecule has 0 bridgehead atoms. The van der Waals surface area contributed by atoms with Crippen molar-refractivity contribution in [1.29, 1.82) is 0 Å². The number of carbonyl (C=O) groups excluding carboxylic acids is 1. The first-order valence-electron chi connectivity index (χ1n) is 7.99. The average Bonchev–Trinajstić information content (AvgIpc) is 2.91. The minimum atomic E-state index is -0.939. The number of likely N-dealkylation sites (tertiary alicyclic amines) is 1. The Hall–Kier alpha value is -2.14. The third kappa shape index (κ3) is 4.66. The Labute approximate surface area is 136 Å². The molecular formula is C18H23NO4. The van der Waals surface area contributed by atoms with E-state index in [0.29, 0.717) is 25.8 Å². The van der Waals surface area contributed by atoms with Gasteiger partial charge in [-0.3, -0.25) is 4.79 Å². The van der Waals surface area contributed by atoms with Crippen LogP contribution >= 0.6 is 0 Å². The molecule has 1 amide bonds. The van der Waals surface area contributed by atoms with Gasteiger partial charge < -0.3 is 15.1 Å². The van der Waals surface area contributed by atoms with Gasteiger partial charge in [0, 0.05) is 13.0 Å². The molecule has 1 heterocycles. The zero-order chi connectivity index (χ0) is 16.8. The zero-order valence-corrected chi connectivity index (χ0v) is 13.3. The van der Waals surface area contributed by atoms with Crippen LogP contribution in [-0.4, -0.2) is 45.7 Å². The zero-order valence-electron chi connectivity index (χ0n) is 13.3. The van der Waals surface area contributed by atoms with Crippen molar-refractivity contribution in [2.45, 2.75) is 44.8 Å². The van der Waals surface area contributed by atoms with Crippen LogP contribution in [0.1, 0.15) is 42.1 Å². The van der Waals surface area contributed by atoms with Crippen LogP contribution < -0.4 is 0 Å². The second-order valence-corrected chi connectivity index (χ2v) is 5.81. The van der Waals surface area contributed by atoms with Gasteiger partial charge in [-0.25, -0.2) is 4.79 Å². The Morgan fingerprint density at radius 1 is 1.39 bits per heavy atom. The minimum Gasteiger partial charge on any atom is -0.478 e. The summed E-state index contributed by atoms with van der Waals surface area (Å²) in [4.78, 5) is 24.7. The van der Waals surface area contributed by atoms with Crippen molar-refractivity contribution in [3.63, 3.8) is 0 Å². The van der Waals surface area contributed by atoms with Crippen LogP contribution in [0.2, 0.25) is 0 Å². The summed E-state index contributed by atoms with van der Waals surface area (Å²) in [6, 6.07) is 6.78. The van der Waals surface area contributed by atoms with Crippen LogP contribution in [0.15, 0.2) is 36.4 Å². The minimum absolute atomic E-state index is 0.0435. The van der Waals surface area contributed by atoms with Crippen LogP contribution in [0.4, 0.5) is 0 Å². The molecule has 2 N–H and O–H groups in total. The fraction of sp³-hybridized carbons (Fsp3) is 0.444. The SMILES string of the molecule is CCC(O)/C=C\C1CCC(=O)N1CCc1ccc(C(=O)O)cc1. The largest absolute Gasteiger partial charge is 0.478 e. The lowest BCUT2D eigenvalue weighted by molar-refractivity contribution is -0.128. The Morgan fingerprint density at radius 2 is 2.09 bits per heavy atom. The molecule has 1 aliphatic heterocycles. The van der Waals surface area contributed by atoms with Gasteiger partial charge in [0.25, 0.3) is 0 Å². The van der Waals surface area contributed by atoms with Gasteiger partial charge in [0.15, 0.2) is 0 Å². The van der Waals surface area contributed by atoms with Crippen molar-refractivity contribution >= 4 is 11.9 Å². The summed E-state index contributed by atoms with van der Waals surface area (Å²) in [5.74, 6) is -0.807. The number of aliphatic hydroxyl groups is 1. The van der Waals surface area contributed by atoms with Crippen molar-refractivity contribution < 1.29 is 19.8 Å². The number of hydrogen-bond acceptors (Lipinski definition) is 3. The number of benzene rings is 1. The van der Waals surface area contributed by atoms with Crippen molar-refractivity contribution in [2.75, 3.05) is 6.54 Å². The van der Waals surface area contributed by atoms with Crippen LogP contribution in [-0.2, 0) is 11.2 Å². The number of carboxylic acid groups (broad SMARTS) is 1. The number of rotatable bonds is 7. The number of nitrogens with zero attached hydrogens (tertiary/aromatic N) is 1. The van der Waals surface area contributed by atoms with Gasteiger partial charge in [-0.15, -0.1) is 0 Å². The van der Waals surface area contributed by atoms with Gasteiger partial charge in [0.2, 0.25) is 5.91 Å². The lowest BCUT2D eigenvalue weighted by atomic mass is 10.1. The van der Waals surface area contributed by atoms with Gasteiger partial charge in [-0.05, 0) is 37.0 Å². The molecule has 1 fully saturated rings. The van der Waals surface area contributed by atoms with E-state index >= 15 is 0 Å². The molecule has 0 radical (unpaired) electrons. The average molecular weight is 317 g/mol. The summed E-state index contributed by atoms with van der Waals surface area (Å²) in [5.41, 5.74) is 1.27. The molecule has 1 aromatic carbocycles. The number of hydrogen-bond donors (Lipinski definition) is 2. The van der Waals surface area contributed by atoms with Gasteiger partial charge >= 0.3 is 5.97 Å². The second-order valence-electron chi connectivity index (χ2n) is 5.81. The molecule has 0 spiro atoms. The monoisotopic (exact) mass is 317 g/mol. The number of carboxylic acids is 1. The van der Waals surface area contributed by atoms with Gasteiger partial charge in [0.1, 0.15) is 0 Å². The number of amides is 1. The Morgan fingerprint density at radius 3 is 2.70 bits per heavy atom. The normalized spacial score (nSPS) is 19.5. The summed E-state index contributed by atoms with van der Waals surface area (Å²) in [6.45, 7) is 2.51. The maximum atomic E-state index is 12.0. The predicted octanol–water partition coefficient (Wildman–Crippen LogP) is 2.25. The molecule has 23 heavy (non-hydrogen) atoms.